The van der Waals surface area contributed by atoms with Gasteiger partial charge in [0.2, 0.25) is 0 Å². The predicted molar refractivity (Wildman–Crippen MR) is 106 cm³/mol. The highest BCUT2D eigenvalue weighted by Crippen LogP contribution is 2.40. The van der Waals surface area contributed by atoms with Crippen molar-refractivity contribution in [3.05, 3.63) is 63.0 Å². The summed E-state index contributed by atoms with van der Waals surface area (Å²) in [5.74, 6) is 0.696. The lowest BCUT2D eigenvalue weighted by Crippen LogP contribution is -2.52. The number of pyridine rings is 1. The van der Waals surface area contributed by atoms with Crippen LogP contribution in [0.5, 0.6) is 5.75 Å². The molecule has 2 bridgehead atoms. The van der Waals surface area contributed by atoms with Crippen LogP contribution in [0.1, 0.15) is 29.6 Å². The van der Waals surface area contributed by atoms with Crippen molar-refractivity contribution in [2.75, 3.05) is 26.3 Å². The van der Waals surface area contributed by atoms with Crippen molar-refractivity contribution >= 4 is 17.5 Å². The molecule has 2 aliphatic heterocycles. The molecule has 1 N–H and O–H groups in total. The summed E-state index contributed by atoms with van der Waals surface area (Å²) < 4.78 is 7.43. The molecule has 4 rings (SSSR count). The molecule has 2 aromatic rings. The third-order valence-electron chi connectivity index (χ3n) is 5.83. The molecular formula is C21H23ClN2O4. The van der Waals surface area contributed by atoms with Gasteiger partial charge in [0.1, 0.15) is 5.75 Å². The van der Waals surface area contributed by atoms with E-state index in [9.17, 15) is 14.7 Å². The van der Waals surface area contributed by atoms with E-state index in [0.29, 0.717) is 23.9 Å². The maximum Gasteiger partial charge on any atom is 0.260 e. The highest BCUT2D eigenvalue weighted by Gasteiger charge is 2.41. The van der Waals surface area contributed by atoms with Gasteiger partial charge in [0, 0.05) is 41.7 Å². The first kappa shape index (κ1) is 19.0. The maximum atomic E-state index is 12.8. The number of ether oxygens (including phenoxy) is 1. The number of carbonyl (C=O) groups excluding carboxylic acids is 1. The standard InChI is InChI=1S/C21H23ClN2O4/c1-13-7-16(22)5-6-19(13)28-12-21(27)23-9-14-8-15(10-23)18(11-25)24-17(14)3-2-4-20(24)26/h2-7,14-15,18,25H,8-12H2,1H3/t14-,15+,18+/m1/s1. The molecule has 0 aliphatic carbocycles. The van der Waals surface area contributed by atoms with Crippen LogP contribution in [-0.4, -0.2) is 46.8 Å². The SMILES string of the molecule is Cc1cc(Cl)ccc1OCC(=O)N1C[C@H]2C[C@@H](C1)[C@H](CO)n1c2cccc1=O. The van der Waals surface area contributed by atoms with Gasteiger partial charge in [-0.2, -0.15) is 0 Å². The van der Waals surface area contributed by atoms with Gasteiger partial charge in [-0.05, 0) is 43.2 Å². The van der Waals surface area contributed by atoms with Crippen LogP contribution < -0.4 is 10.3 Å². The van der Waals surface area contributed by atoms with Crippen LogP contribution in [0.25, 0.3) is 0 Å². The van der Waals surface area contributed by atoms with Crippen molar-refractivity contribution in [2.45, 2.75) is 25.3 Å². The maximum absolute atomic E-state index is 12.8. The molecule has 6 nitrogen and oxygen atoms in total. The van der Waals surface area contributed by atoms with Gasteiger partial charge in [-0.3, -0.25) is 9.59 Å². The molecule has 0 unspecified atom stereocenters. The van der Waals surface area contributed by atoms with Crippen LogP contribution >= 0.6 is 11.6 Å². The minimum atomic E-state index is -0.296. The topological polar surface area (TPSA) is 71.8 Å². The second-order valence-electron chi connectivity index (χ2n) is 7.60. The zero-order valence-electron chi connectivity index (χ0n) is 15.7. The highest BCUT2D eigenvalue weighted by molar-refractivity contribution is 6.30. The van der Waals surface area contributed by atoms with E-state index in [4.69, 9.17) is 16.3 Å². The third kappa shape index (κ3) is 3.42. The van der Waals surface area contributed by atoms with Gasteiger partial charge in [0.25, 0.3) is 11.5 Å². The molecule has 1 aromatic carbocycles. The summed E-state index contributed by atoms with van der Waals surface area (Å²) in [6.07, 6.45) is 0.871. The molecule has 0 spiro atoms. The van der Waals surface area contributed by atoms with E-state index in [1.807, 2.05) is 13.0 Å². The van der Waals surface area contributed by atoms with Gasteiger partial charge < -0.3 is 19.3 Å². The Balaban J connectivity index is 1.50. The van der Waals surface area contributed by atoms with Gasteiger partial charge in [-0.25, -0.2) is 0 Å². The van der Waals surface area contributed by atoms with Crippen molar-refractivity contribution in [2.24, 2.45) is 5.92 Å². The third-order valence-corrected chi connectivity index (χ3v) is 6.06. The van der Waals surface area contributed by atoms with Crippen molar-refractivity contribution < 1.29 is 14.6 Å². The van der Waals surface area contributed by atoms with E-state index in [0.717, 1.165) is 17.7 Å². The van der Waals surface area contributed by atoms with Crippen molar-refractivity contribution in [3.8, 4) is 5.75 Å². The van der Waals surface area contributed by atoms with E-state index in [1.165, 1.54) is 6.07 Å². The Hall–Kier alpha value is -2.31. The van der Waals surface area contributed by atoms with Crippen LogP contribution in [0.3, 0.4) is 0 Å². The molecule has 3 atom stereocenters. The normalized spacial score (nSPS) is 23.2. The first-order chi connectivity index (χ1) is 13.5. The fraction of sp³-hybridized carbons (Fsp3) is 0.429. The van der Waals surface area contributed by atoms with E-state index < -0.39 is 0 Å². The second-order valence-corrected chi connectivity index (χ2v) is 8.04. The van der Waals surface area contributed by atoms with Crippen LogP contribution in [0.4, 0.5) is 0 Å². The lowest BCUT2D eigenvalue weighted by molar-refractivity contribution is -0.136. The number of benzene rings is 1. The number of fused-ring (bicyclic) bond motifs is 4. The summed E-state index contributed by atoms with van der Waals surface area (Å²) in [4.78, 5) is 26.9. The molecule has 0 radical (unpaired) electrons. The summed E-state index contributed by atoms with van der Waals surface area (Å²) in [5.41, 5.74) is 1.69. The Morgan fingerprint density at radius 2 is 2.11 bits per heavy atom. The molecule has 7 heteroatoms. The Labute approximate surface area is 168 Å². The van der Waals surface area contributed by atoms with Crippen molar-refractivity contribution in [3.63, 3.8) is 0 Å². The lowest BCUT2D eigenvalue weighted by Gasteiger charge is -2.46. The first-order valence-electron chi connectivity index (χ1n) is 9.47. The highest BCUT2D eigenvalue weighted by atomic mass is 35.5. The Morgan fingerprint density at radius 1 is 1.29 bits per heavy atom. The largest absolute Gasteiger partial charge is 0.483 e. The van der Waals surface area contributed by atoms with Crippen molar-refractivity contribution in [1.29, 1.82) is 0 Å². The minimum Gasteiger partial charge on any atom is -0.483 e. The zero-order chi connectivity index (χ0) is 19.8. The van der Waals surface area contributed by atoms with E-state index in [1.54, 1.807) is 33.7 Å². The summed E-state index contributed by atoms with van der Waals surface area (Å²) in [6.45, 7) is 2.80. The summed E-state index contributed by atoms with van der Waals surface area (Å²) >= 11 is 5.96. The number of aryl methyl sites for hydroxylation is 1. The predicted octanol–water partition coefficient (Wildman–Crippen LogP) is 2.37. The Bertz CT molecular complexity index is 958. The number of carbonyl (C=O) groups is 1. The fourth-order valence-corrected chi connectivity index (χ4v) is 4.71. The van der Waals surface area contributed by atoms with Gasteiger partial charge >= 0.3 is 0 Å². The van der Waals surface area contributed by atoms with Crippen molar-refractivity contribution in [1.82, 2.24) is 9.47 Å². The smallest absolute Gasteiger partial charge is 0.260 e. The number of aliphatic hydroxyl groups is 1. The van der Waals surface area contributed by atoms with Gasteiger partial charge in [0.15, 0.2) is 6.61 Å². The molecule has 1 aromatic heterocycles. The number of aromatic nitrogens is 1. The van der Waals surface area contributed by atoms with E-state index in [-0.39, 0.29) is 42.6 Å². The molecular weight excluding hydrogens is 380 g/mol. The summed E-state index contributed by atoms with van der Waals surface area (Å²) in [5, 5.41) is 10.5. The first-order valence-corrected chi connectivity index (χ1v) is 9.84. The zero-order valence-corrected chi connectivity index (χ0v) is 16.4. The van der Waals surface area contributed by atoms with Gasteiger partial charge in [-0.1, -0.05) is 17.7 Å². The Morgan fingerprint density at radius 3 is 2.86 bits per heavy atom. The van der Waals surface area contributed by atoms with Crippen LogP contribution in [0.15, 0.2) is 41.2 Å². The lowest BCUT2D eigenvalue weighted by atomic mass is 9.78. The molecule has 28 heavy (non-hydrogen) atoms. The number of amides is 1. The number of likely N-dealkylation sites (tertiary alicyclic amines) is 1. The molecule has 148 valence electrons. The number of aliphatic hydroxyl groups excluding tert-OH is 1. The molecule has 1 fully saturated rings. The second kappa shape index (κ2) is 7.60. The Kier molecular flexibility index (Phi) is 5.17. The number of nitrogens with zero attached hydrogens (tertiary/aromatic N) is 2. The molecule has 3 heterocycles. The van der Waals surface area contributed by atoms with E-state index in [2.05, 4.69) is 0 Å². The summed E-state index contributed by atoms with van der Waals surface area (Å²) in [6, 6.07) is 10.2. The number of piperidine rings is 1. The molecule has 1 saturated heterocycles. The average molecular weight is 403 g/mol. The molecule has 2 aliphatic rings. The van der Waals surface area contributed by atoms with Crippen LogP contribution in [-0.2, 0) is 4.79 Å². The monoisotopic (exact) mass is 402 g/mol. The molecule has 1 amide bonds. The average Bonchev–Trinajstić information content (AvgIpc) is 2.68. The number of halogens is 1. The summed E-state index contributed by atoms with van der Waals surface area (Å²) in [7, 11) is 0. The number of hydrogen-bond acceptors (Lipinski definition) is 4. The van der Waals surface area contributed by atoms with Gasteiger partial charge in [0.05, 0.1) is 12.6 Å². The fourth-order valence-electron chi connectivity index (χ4n) is 4.49. The van der Waals surface area contributed by atoms with Crippen LogP contribution in [0.2, 0.25) is 5.02 Å². The van der Waals surface area contributed by atoms with Gasteiger partial charge in [-0.15, -0.1) is 0 Å². The quantitative estimate of drug-likeness (QED) is 0.852. The van der Waals surface area contributed by atoms with E-state index >= 15 is 0 Å². The number of hydrogen-bond donors (Lipinski definition) is 1. The van der Waals surface area contributed by atoms with Crippen LogP contribution in [0, 0.1) is 12.8 Å². The minimum absolute atomic E-state index is 0.0483. The number of rotatable bonds is 4. The molecule has 0 saturated carbocycles.